The molecule has 2 fully saturated rings. The van der Waals surface area contributed by atoms with E-state index < -0.39 is 69.7 Å². The number of aromatic hydroxyl groups is 1. The number of nitrogens with zero attached hydrogens (tertiary/aromatic N) is 3. The maximum atomic E-state index is 14.1. The van der Waals surface area contributed by atoms with Gasteiger partial charge < -0.3 is 36.0 Å². The summed E-state index contributed by atoms with van der Waals surface area (Å²) in [6.07, 6.45) is 1.78. The lowest BCUT2D eigenvalue weighted by molar-refractivity contribution is -0.153. The topological polar surface area (TPSA) is 185 Å². The number of likely N-dealkylation sites (tertiary alicyclic amines) is 1. The van der Waals surface area contributed by atoms with E-state index in [9.17, 15) is 39.6 Å². The summed E-state index contributed by atoms with van der Waals surface area (Å²) in [4.78, 5) is 58.0. The second-order valence-electron chi connectivity index (χ2n) is 12.5. The zero-order valence-electron chi connectivity index (χ0n) is 24.5. The molecule has 0 bridgehead atoms. The normalized spacial score (nSPS) is 28.1. The molecule has 42 heavy (non-hydrogen) atoms. The van der Waals surface area contributed by atoms with E-state index in [-0.39, 0.29) is 29.5 Å². The van der Waals surface area contributed by atoms with Crippen LogP contribution in [0.15, 0.2) is 23.0 Å². The molecule has 1 aliphatic heterocycles. The summed E-state index contributed by atoms with van der Waals surface area (Å²) in [5.74, 6) is -7.19. The van der Waals surface area contributed by atoms with E-state index in [1.807, 2.05) is 0 Å². The zero-order valence-corrected chi connectivity index (χ0v) is 24.5. The standard InChI is InChI=1S/C30H38N4O8/c1-13-6-8-34(9-7-13)29(41)16-12-18(32(2)3)15-10-14-11-17-22(33(4)5)25(37)21(28(31)40)27(39)30(17,42)26(38)19(14)24(36)20(15)23(16)35/h12-14,17,22,35-36,39,42H,6-11H2,1-5H3,(H2,31,40)/t14?,17-,22?,30-/m0/s1. The number of piperidine rings is 1. The van der Waals surface area contributed by atoms with Crippen LogP contribution in [0, 0.1) is 17.8 Å². The Morgan fingerprint density at radius 1 is 1.07 bits per heavy atom. The number of phenols is 1. The molecule has 1 aromatic rings. The van der Waals surface area contributed by atoms with Crippen molar-refractivity contribution in [3.05, 3.63) is 39.7 Å². The van der Waals surface area contributed by atoms with E-state index in [1.54, 1.807) is 44.1 Å². The largest absolute Gasteiger partial charge is 0.508 e. The SMILES string of the molecule is CC1CCN(C(=O)c2cc(N(C)C)c3c(c2O)C(O)=C2C(=O)[C@]4(O)C(O)=C(C(N)=O)C(=O)C(N(C)C)[C@@H]4CC2C3)CC1. The molecule has 1 aromatic carbocycles. The fraction of sp³-hybridized carbons (Fsp3) is 0.533. The monoisotopic (exact) mass is 582 g/mol. The molecule has 0 spiro atoms. The summed E-state index contributed by atoms with van der Waals surface area (Å²) in [7, 11) is 6.63. The quantitative estimate of drug-likeness (QED) is 0.320. The lowest BCUT2D eigenvalue weighted by Crippen LogP contribution is -2.65. The predicted molar refractivity (Wildman–Crippen MR) is 153 cm³/mol. The van der Waals surface area contributed by atoms with Crippen molar-refractivity contribution in [3.8, 4) is 5.75 Å². The molecule has 0 radical (unpaired) electrons. The highest BCUT2D eigenvalue weighted by Crippen LogP contribution is 2.54. The fourth-order valence-corrected chi connectivity index (χ4v) is 7.24. The van der Waals surface area contributed by atoms with Gasteiger partial charge in [0, 0.05) is 44.4 Å². The van der Waals surface area contributed by atoms with Gasteiger partial charge in [0.15, 0.2) is 11.4 Å². The van der Waals surface area contributed by atoms with Gasteiger partial charge in [0.2, 0.25) is 5.78 Å². The van der Waals surface area contributed by atoms with Gasteiger partial charge in [-0.05, 0) is 63.2 Å². The first kappa shape index (κ1) is 29.6. The third-order valence-electron chi connectivity index (χ3n) is 9.48. The molecule has 4 aliphatic rings. The number of phenolic OH excluding ortho intramolecular Hbond substituents is 1. The Morgan fingerprint density at radius 2 is 1.69 bits per heavy atom. The van der Waals surface area contributed by atoms with Crippen molar-refractivity contribution in [1.82, 2.24) is 9.80 Å². The summed E-state index contributed by atoms with van der Waals surface area (Å²) >= 11 is 0. The number of hydrogen-bond donors (Lipinski definition) is 5. The van der Waals surface area contributed by atoms with E-state index in [4.69, 9.17) is 5.73 Å². The first-order valence-corrected chi connectivity index (χ1v) is 14.1. The molecular weight excluding hydrogens is 544 g/mol. The van der Waals surface area contributed by atoms with Gasteiger partial charge in [-0.3, -0.25) is 24.1 Å². The molecule has 1 saturated carbocycles. The number of likely N-dealkylation sites (N-methyl/N-ethyl adjacent to an activating group) is 1. The second kappa shape index (κ2) is 10.1. The Bertz CT molecular complexity index is 1470. The van der Waals surface area contributed by atoms with Gasteiger partial charge in [-0.25, -0.2) is 0 Å². The smallest absolute Gasteiger partial charge is 0.257 e. The van der Waals surface area contributed by atoms with E-state index in [0.717, 1.165) is 12.8 Å². The van der Waals surface area contributed by atoms with Crippen LogP contribution in [0.2, 0.25) is 0 Å². The van der Waals surface area contributed by atoms with Crippen molar-refractivity contribution in [2.24, 2.45) is 23.5 Å². The van der Waals surface area contributed by atoms with Crippen LogP contribution in [0.25, 0.3) is 5.76 Å². The molecule has 0 aromatic heterocycles. The Morgan fingerprint density at radius 3 is 2.24 bits per heavy atom. The molecule has 1 heterocycles. The number of fused-ring (bicyclic) bond motifs is 3. The van der Waals surface area contributed by atoms with Gasteiger partial charge in [0.1, 0.15) is 22.8 Å². The average molecular weight is 583 g/mol. The van der Waals surface area contributed by atoms with Gasteiger partial charge in [-0.15, -0.1) is 0 Å². The highest BCUT2D eigenvalue weighted by Gasteiger charge is 2.64. The second-order valence-corrected chi connectivity index (χ2v) is 12.5. The molecular formula is C30H38N4O8. The Kier molecular flexibility index (Phi) is 7.13. The fourth-order valence-electron chi connectivity index (χ4n) is 7.24. The van der Waals surface area contributed by atoms with Crippen LogP contribution < -0.4 is 10.6 Å². The molecule has 2 unspecified atom stereocenters. The van der Waals surface area contributed by atoms with Crippen LogP contribution in [0.5, 0.6) is 5.75 Å². The summed E-state index contributed by atoms with van der Waals surface area (Å²) in [6.45, 7) is 3.16. The Hall–Kier alpha value is -3.90. The minimum Gasteiger partial charge on any atom is -0.508 e. The summed E-state index contributed by atoms with van der Waals surface area (Å²) in [5.41, 5.74) is 2.51. The predicted octanol–water partition coefficient (Wildman–Crippen LogP) is 0.902. The van der Waals surface area contributed by atoms with E-state index in [0.29, 0.717) is 30.3 Å². The van der Waals surface area contributed by atoms with Crippen molar-refractivity contribution >= 4 is 34.8 Å². The molecule has 6 N–H and O–H groups in total. The van der Waals surface area contributed by atoms with Crippen molar-refractivity contribution in [3.63, 3.8) is 0 Å². The van der Waals surface area contributed by atoms with Gasteiger partial charge >= 0.3 is 0 Å². The number of ketones is 2. The average Bonchev–Trinajstić information content (AvgIpc) is 2.90. The van der Waals surface area contributed by atoms with Crippen LogP contribution in [-0.2, 0) is 20.8 Å². The highest BCUT2D eigenvalue weighted by molar-refractivity contribution is 6.24. The zero-order chi connectivity index (χ0) is 31.0. The van der Waals surface area contributed by atoms with Crippen molar-refractivity contribution in [1.29, 1.82) is 0 Å². The number of primary amides is 1. The number of aliphatic hydroxyl groups excluding tert-OH is 2. The maximum Gasteiger partial charge on any atom is 0.257 e. The van der Waals surface area contributed by atoms with Gasteiger partial charge in [-0.2, -0.15) is 0 Å². The molecule has 4 atom stereocenters. The first-order chi connectivity index (χ1) is 19.6. The minimum absolute atomic E-state index is 0.00790. The van der Waals surface area contributed by atoms with Crippen molar-refractivity contribution in [2.75, 3.05) is 46.2 Å². The number of aliphatic hydroxyl groups is 3. The molecule has 226 valence electrons. The van der Waals surface area contributed by atoms with Crippen LogP contribution in [0.4, 0.5) is 5.69 Å². The van der Waals surface area contributed by atoms with E-state index in [2.05, 4.69) is 6.92 Å². The molecule has 5 rings (SSSR count). The number of Topliss-reactive ketones (excluding diaryl/α,β-unsaturated/α-hetero) is 2. The van der Waals surface area contributed by atoms with Gasteiger partial charge in [0.25, 0.3) is 11.8 Å². The minimum atomic E-state index is -2.72. The van der Waals surface area contributed by atoms with E-state index in [1.165, 1.54) is 4.90 Å². The van der Waals surface area contributed by atoms with Crippen LogP contribution in [0.1, 0.15) is 47.7 Å². The molecule has 3 aliphatic carbocycles. The van der Waals surface area contributed by atoms with Crippen LogP contribution in [-0.4, -0.2) is 107 Å². The number of benzene rings is 1. The number of anilines is 1. The first-order valence-electron chi connectivity index (χ1n) is 14.1. The number of hydrogen-bond acceptors (Lipinski definition) is 10. The third kappa shape index (κ3) is 4.10. The third-order valence-corrected chi connectivity index (χ3v) is 9.48. The molecule has 2 amide bonds. The molecule has 12 nitrogen and oxygen atoms in total. The summed E-state index contributed by atoms with van der Waals surface area (Å²) in [6, 6.07) is 0.435. The van der Waals surface area contributed by atoms with Crippen LogP contribution in [0.3, 0.4) is 0 Å². The van der Waals surface area contributed by atoms with E-state index >= 15 is 0 Å². The van der Waals surface area contributed by atoms with Crippen molar-refractivity contribution < 1.29 is 39.6 Å². The lowest BCUT2D eigenvalue weighted by Gasteiger charge is -2.50. The number of carbonyl (C=O) groups excluding carboxylic acids is 4. The number of carbonyl (C=O) groups is 4. The number of amides is 2. The van der Waals surface area contributed by atoms with Crippen LogP contribution >= 0.6 is 0 Å². The molecule has 12 heteroatoms. The Labute approximate surface area is 243 Å². The van der Waals surface area contributed by atoms with Crippen molar-refractivity contribution in [2.45, 2.75) is 44.2 Å². The molecule has 1 saturated heterocycles. The highest BCUT2D eigenvalue weighted by atomic mass is 16.3. The van der Waals surface area contributed by atoms with Gasteiger partial charge in [-0.1, -0.05) is 6.92 Å². The summed E-state index contributed by atoms with van der Waals surface area (Å²) < 4.78 is 0. The maximum absolute atomic E-state index is 14.1. The number of rotatable bonds is 4. The lowest BCUT2D eigenvalue weighted by atomic mass is 9.57. The van der Waals surface area contributed by atoms with Gasteiger partial charge in [0.05, 0.1) is 17.2 Å². The summed E-state index contributed by atoms with van der Waals surface area (Å²) in [5, 5.41) is 45.9. The Balaban J connectivity index is 1.70. The number of nitrogens with two attached hydrogens (primary N) is 1.